The number of nitrogen functional groups attached to an aromatic ring is 1. The lowest BCUT2D eigenvalue weighted by atomic mass is 10.2. The van der Waals surface area contributed by atoms with Gasteiger partial charge < -0.3 is 15.6 Å². The number of nitrogens with two attached hydrogens (primary N) is 1. The topological polar surface area (TPSA) is 89.6 Å². The average molecular weight is 230 g/mol. The van der Waals surface area contributed by atoms with Gasteiger partial charge in [-0.15, -0.1) is 0 Å². The zero-order valence-electron chi connectivity index (χ0n) is 7.78. The van der Waals surface area contributed by atoms with Gasteiger partial charge in [0.1, 0.15) is 11.3 Å². The second-order valence-corrected chi connectivity index (χ2v) is 3.18. The summed E-state index contributed by atoms with van der Waals surface area (Å²) in [5, 5.41) is 8.90. The van der Waals surface area contributed by atoms with Gasteiger partial charge in [-0.05, 0) is 6.07 Å². The van der Waals surface area contributed by atoms with Crippen LogP contribution in [-0.4, -0.2) is 17.0 Å². The van der Waals surface area contributed by atoms with Gasteiger partial charge in [-0.1, -0.05) is 11.6 Å². The summed E-state index contributed by atoms with van der Waals surface area (Å²) in [6, 6.07) is 2.34. The molecule has 3 N–H and O–H groups in total. The van der Waals surface area contributed by atoms with E-state index in [-0.39, 0.29) is 22.0 Å². The Hall–Kier alpha value is -1.75. The minimum absolute atomic E-state index is 0.100. The Morgan fingerprint density at radius 2 is 2.07 bits per heavy atom. The van der Waals surface area contributed by atoms with Crippen LogP contribution < -0.4 is 10.5 Å². The van der Waals surface area contributed by atoms with E-state index in [0.717, 1.165) is 13.0 Å². The summed E-state index contributed by atoms with van der Waals surface area (Å²) in [6.45, 7) is 1.16. The summed E-state index contributed by atoms with van der Waals surface area (Å²) >= 11 is 5.64. The number of carboxylic acid groups (broad SMARTS) is 1. The molecule has 0 bridgehead atoms. The number of carboxylic acids is 1. The fourth-order valence-electron chi connectivity index (χ4n) is 0.976. The molecular formula is C9H8ClNO4. The van der Waals surface area contributed by atoms with Crippen LogP contribution in [-0.2, 0) is 4.79 Å². The van der Waals surface area contributed by atoms with Gasteiger partial charge in [0.25, 0.3) is 0 Å². The number of benzene rings is 1. The number of anilines is 1. The molecule has 1 aromatic carbocycles. The van der Waals surface area contributed by atoms with E-state index in [0.29, 0.717) is 0 Å². The molecule has 0 aliphatic heterocycles. The van der Waals surface area contributed by atoms with Gasteiger partial charge >= 0.3 is 11.9 Å². The minimum atomic E-state index is -1.24. The van der Waals surface area contributed by atoms with E-state index in [2.05, 4.69) is 4.74 Å². The Labute approximate surface area is 90.4 Å². The summed E-state index contributed by atoms with van der Waals surface area (Å²) in [4.78, 5) is 21.5. The Balaban J connectivity index is 3.28. The van der Waals surface area contributed by atoms with Crippen molar-refractivity contribution in [3.05, 3.63) is 22.7 Å². The van der Waals surface area contributed by atoms with E-state index in [1.165, 1.54) is 6.07 Å². The van der Waals surface area contributed by atoms with Crippen molar-refractivity contribution in [1.82, 2.24) is 0 Å². The maximum atomic E-state index is 10.8. The summed E-state index contributed by atoms with van der Waals surface area (Å²) in [6.07, 6.45) is 0. The summed E-state index contributed by atoms with van der Waals surface area (Å²) in [5.41, 5.74) is 5.40. The first kappa shape index (κ1) is 11.3. The zero-order chi connectivity index (χ0) is 11.6. The van der Waals surface area contributed by atoms with Crippen LogP contribution in [0.3, 0.4) is 0 Å². The minimum Gasteiger partial charge on any atom is -0.478 e. The fraction of sp³-hybridized carbons (Fsp3) is 0.111. The first-order valence-electron chi connectivity index (χ1n) is 3.92. The molecule has 0 unspecified atom stereocenters. The molecule has 5 nitrogen and oxygen atoms in total. The molecule has 0 aliphatic rings. The van der Waals surface area contributed by atoms with E-state index < -0.39 is 11.9 Å². The maximum Gasteiger partial charge on any atom is 0.339 e. The Bertz CT molecular complexity index is 430. The predicted molar refractivity (Wildman–Crippen MR) is 54.1 cm³/mol. The standard InChI is InChI=1S/C9H8ClNO4/c1-4(12)15-8-3-7(11)6(10)2-5(8)9(13)14/h2-3H,11H2,1H3,(H,13,14). The third-order valence-corrected chi connectivity index (χ3v) is 1.91. The average Bonchev–Trinajstić information content (AvgIpc) is 2.09. The maximum absolute atomic E-state index is 10.8. The van der Waals surface area contributed by atoms with E-state index in [9.17, 15) is 9.59 Å². The molecular weight excluding hydrogens is 222 g/mol. The molecule has 6 heteroatoms. The van der Waals surface area contributed by atoms with Crippen molar-refractivity contribution in [2.45, 2.75) is 6.92 Å². The van der Waals surface area contributed by atoms with Crippen LogP contribution in [0.2, 0.25) is 5.02 Å². The van der Waals surface area contributed by atoms with Gasteiger partial charge in [0.15, 0.2) is 0 Å². The highest BCUT2D eigenvalue weighted by Crippen LogP contribution is 2.29. The molecule has 15 heavy (non-hydrogen) atoms. The molecule has 0 heterocycles. The van der Waals surface area contributed by atoms with Crippen molar-refractivity contribution >= 4 is 29.2 Å². The smallest absolute Gasteiger partial charge is 0.339 e. The predicted octanol–water partition coefficient (Wildman–Crippen LogP) is 1.55. The van der Waals surface area contributed by atoms with Crippen LogP contribution >= 0.6 is 11.6 Å². The van der Waals surface area contributed by atoms with E-state index in [4.69, 9.17) is 22.4 Å². The largest absolute Gasteiger partial charge is 0.478 e. The first-order valence-corrected chi connectivity index (χ1v) is 4.30. The molecule has 1 aromatic rings. The van der Waals surface area contributed by atoms with Crippen LogP contribution in [0, 0.1) is 0 Å². The monoisotopic (exact) mass is 229 g/mol. The molecule has 0 radical (unpaired) electrons. The normalized spacial score (nSPS) is 9.73. The highest BCUT2D eigenvalue weighted by Gasteiger charge is 2.15. The van der Waals surface area contributed by atoms with Crippen molar-refractivity contribution in [1.29, 1.82) is 0 Å². The number of carbonyl (C=O) groups excluding carboxylic acids is 1. The van der Waals surface area contributed by atoms with Crippen molar-refractivity contribution < 1.29 is 19.4 Å². The van der Waals surface area contributed by atoms with Crippen molar-refractivity contribution in [2.75, 3.05) is 5.73 Å². The van der Waals surface area contributed by atoms with Crippen LogP contribution in [0.15, 0.2) is 12.1 Å². The summed E-state index contributed by atoms with van der Waals surface area (Å²) < 4.78 is 4.68. The number of hydrogen-bond acceptors (Lipinski definition) is 4. The van der Waals surface area contributed by atoms with Gasteiger partial charge in [0, 0.05) is 13.0 Å². The molecule has 0 saturated carbocycles. The Morgan fingerprint density at radius 3 is 2.53 bits per heavy atom. The van der Waals surface area contributed by atoms with E-state index in [1.807, 2.05) is 0 Å². The van der Waals surface area contributed by atoms with Crippen molar-refractivity contribution in [3.8, 4) is 5.75 Å². The molecule has 0 spiro atoms. The van der Waals surface area contributed by atoms with Gasteiger partial charge in [0.05, 0.1) is 10.7 Å². The number of ether oxygens (including phenoxy) is 1. The van der Waals surface area contributed by atoms with Gasteiger partial charge in [-0.3, -0.25) is 4.79 Å². The van der Waals surface area contributed by atoms with Crippen molar-refractivity contribution in [2.24, 2.45) is 0 Å². The number of aromatic carboxylic acids is 1. The van der Waals surface area contributed by atoms with E-state index in [1.54, 1.807) is 0 Å². The summed E-state index contributed by atoms with van der Waals surface area (Å²) in [5.74, 6) is -1.98. The Morgan fingerprint density at radius 1 is 1.47 bits per heavy atom. The van der Waals surface area contributed by atoms with Crippen molar-refractivity contribution in [3.63, 3.8) is 0 Å². The Kier molecular flexibility index (Phi) is 3.16. The number of esters is 1. The van der Waals surface area contributed by atoms with Crippen LogP contribution in [0.5, 0.6) is 5.75 Å². The second kappa shape index (κ2) is 4.18. The van der Waals surface area contributed by atoms with Gasteiger partial charge in [-0.25, -0.2) is 4.79 Å². The highest BCUT2D eigenvalue weighted by molar-refractivity contribution is 6.33. The van der Waals surface area contributed by atoms with Crippen LogP contribution in [0.1, 0.15) is 17.3 Å². The SMILES string of the molecule is CC(=O)Oc1cc(N)c(Cl)cc1C(=O)O. The molecule has 0 amide bonds. The molecule has 0 fully saturated rings. The number of hydrogen-bond donors (Lipinski definition) is 2. The lowest BCUT2D eigenvalue weighted by molar-refractivity contribution is -0.131. The van der Waals surface area contributed by atoms with Gasteiger partial charge in [-0.2, -0.15) is 0 Å². The highest BCUT2D eigenvalue weighted by atomic mass is 35.5. The lowest BCUT2D eigenvalue weighted by Crippen LogP contribution is -2.08. The van der Waals surface area contributed by atoms with E-state index >= 15 is 0 Å². The molecule has 0 saturated heterocycles. The molecule has 80 valence electrons. The third-order valence-electron chi connectivity index (χ3n) is 1.58. The van der Waals surface area contributed by atoms with Gasteiger partial charge in [0.2, 0.25) is 0 Å². The number of rotatable bonds is 2. The summed E-state index contributed by atoms with van der Waals surface area (Å²) in [7, 11) is 0. The molecule has 1 rings (SSSR count). The fourth-order valence-corrected chi connectivity index (χ4v) is 1.14. The first-order chi connectivity index (χ1) is 6.91. The number of halogens is 1. The molecule has 0 aliphatic carbocycles. The van der Waals surface area contributed by atoms with Crippen LogP contribution in [0.25, 0.3) is 0 Å². The molecule has 0 atom stereocenters. The quantitative estimate of drug-likeness (QED) is 0.456. The molecule has 0 aromatic heterocycles. The zero-order valence-corrected chi connectivity index (χ0v) is 8.54. The lowest BCUT2D eigenvalue weighted by Gasteiger charge is -2.07. The second-order valence-electron chi connectivity index (χ2n) is 2.77. The number of carbonyl (C=O) groups is 2. The van der Waals surface area contributed by atoms with Crippen LogP contribution in [0.4, 0.5) is 5.69 Å². The third kappa shape index (κ3) is 2.60.